The molecule has 0 unspecified atom stereocenters. The van der Waals surface area contributed by atoms with Crippen LogP contribution in [0.2, 0.25) is 0 Å². The highest BCUT2D eigenvalue weighted by Gasteiger charge is 2.13. The van der Waals surface area contributed by atoms with E-state index in [4.69, 9.17) is 5.11 Å². The van der Waals surface area contributed by atoms with Gasteiger partial charge in [-0.25, -0.2) is 0 Å². The van der Waals surface area contributed by atoms with E-state index in [-0.39, 0.29) is 19.0 Å². The van der Waals surface area contributed by atoms with Gasteiger partial charge in [-0.15, -0.1) is 0 Å². The smallest absolute Gasteiger partial charge is 0.317 e. The van der Waals surface area contributed by atoms with Gasteiger partial charge in [-0.1, -0.05) is 0 Å². The Labute approximate surface area is 66.4 Å². The Kier molecular flexibility index (Phi) is 4.40. The number of nitrogens with zero attached hydrogens (tertiary/aromatic N) is 1. The summed E-state index contributed by atoms with van der Waals surface area (Å²) in [6.45, 7) is 2.15. The Morgan fingerprint density at radius 1 is 1.40 bits per heavy atom. The number of carboxylic acids is 1. The van der Waals surface area contributed by atoms with Crippen LogP contribution in [0.5, 0.6) is 0 Å². The lowest BCUT2D eigenvalue weighted by molar-refractivity contribution is -0.138. The Balaban J connectivity index is 0.000000810. The van der Waals surface area contributed by atoms with Crippen molar-refractivity contribution in [3.8, 4) is 0 Å². The molecule has 3 nitrogen and oxygen atoms in total. The monoisotopic (exact) mass is 164 g/mol. The van der Waals surface area contributed by atoms with E-state index in [1.807, 2.05) is 4.90 Å². The average Bonchev–Trinajstić information content (AvgIpc) is 2.15. The van der Waals surface area contributed by atoms with E-state index in [9.17, 15) is 4.79 Å². The summed E-state index contributed by atoms with van der Waals surface area (Å²) in [5, 5.41) is 8.33. The molecule has 1 rings (SSSR count). The Morgan fingerprint density at radius 3 is 2.30 bits per heavy atom. The molecule has 0 aromatic rings. The topological polar surface area (TPSA) is 40.5 Å². The Bertz CT molecular complexity index is 112. The fourth-order valence-electron chi connectivity index (χ4n) is 1.13. The van der Waals surface area contributed by atoms with Gasteiger partial charge in [0.05, 0.1) is 6.54 Å². The molecule has 0 bridgehead atoms. The largest absolute Gasteiger partial charge is 1.00 e. The van der Waals surface area contributed by atoms with Gasteiger partial charge in [-0.3, -0.25) is 9.69 Å². The van der Waals surface area contributed by atoms with Crippen molar-refractivity contribution >= 4 is 5.97 Å². The number of aliphatic carboxylic acids is 1. The van der Waals surface area contributed by atoms with Gasteiger partial charge in [0, 0.05) is 0 Å². The van der Waals surface area contributed by atoms with Crippen molar-refractivity contribution in [3.63, 3.8) is 0 Å². The number of hydrogen-bond acceptors (Lipinski definition) is 2. The summed E-state index contributed by atoms with van der Waals surface area (Å²) in [6.07, 6.45) is 2.32. The van der Waals surface area contributed by atoms with E-state index < -0.39 is 5.97 Å². The van der Waals surface area contributed by atoms with Crippen LogP contribution in [0.15, 0.2) is 0 Å². The number of rotatable bonds is 2. The van der Waals surface area contributed by atoms with Gasteiger partial charge in [-0.2, -0.15) is 0 Å². The predicted molar refractivity (Wildman–Crippen MR) is 33.3 cm³/mol. The molecule has 0 spiro atoms. The summed E-state index contributed by atoms with van der Waals surface area (Å²) in [5.74, 6) is -0.711. The number of hydrogen-bond donors (Lipinski definition) is 1. The lowest BCUT2D eigenvalue weighted by Crippen LogP contribution is -3.00. The van der Waals surface area contributed by atoms with E-state index in [0.29, 0.717) is 0 Å². The quantitative estimate of drug-likeness (QED) is 0.479. The molecule has 0 radical (unpaired) electrons. The fraction of sp³-hybridized carbons (Fsp3) is 0.833. The number of halogens is 1. The summed E-state index contributed by atoms with van der Waals surface area (Å²) in [7, 11) is 0. The van der Waals surface area contributed by atoms with E-state index in [0.717, 1.165) is 25.9 Å². The molecule has 0 aliphatic carbocycles. The highest BCUT2D eigenvalue weighted by Crippen LogP contribution is 2.05. The van der Waals surface area contributed by atoms with Crippen molar-refractivity contribution in [2.45, 2.75) is 12.8 Å². The molecule has 1 saturated heterocycles. The minimum atomic E-state index is -0.711. The van der Waals surface area contributed by atoms with Crippen LogP contribution < -0.4 is 12.4 Å². The van der Waals surface area contributed by atoms with Gasteiger partial charge < -0.3 is 17.5 Å². The number of carbonyl (C=O) groups is 1. The molecule has 1 fully saturated rings. The maximum atomic E-state index is 10.1. The lowest BCUT2D eigenvalue weighted by Gasteiger charge is -2.09. The molecule has 0 saturated carbocycles. The van der Waals surface area contributed by atoms with Gasteiger partial charge in [0.25, 0.3) is 0 Å². The van der Waals surface area contributed by atoms with Gasteiger partial charge >= 0.3 is 5.97 Å². The molecule has 4 heteroatoms. The first-order chi connectivity index (χ1) is 4.29. The first-order valence-corrected chi connectivity index (χ1v) is 3.23. The summed E-state index contributed by atoms with van der Waals surface area (Å²) < 4.78 is 0. The molecule has 0 aromatic carbocycles. The first-order valence-electron chi connectivity index (χ1n) is 3.23. The zero-order valence-corrected chi connectivity index (χ0v) is 6.47. The van der Waals surface area contributed by atoms with Gasteiger partial charge in [-0.05, 0) is 25.9 Å². The van der Waals surface area contributed by atoms with Crippen LogP contribution in [0, 0.1) is 0 Å². The van der Waals surface area contributed by atoms with E-state index in [2.05, 4.69) is 0 Å². The predicted octanol–water partition coefficient (Wildman–Crippen LogP) is -2.83. The highest BCUT2D eigenvalue weighted by atomic mass is 35.5. The van der Waals surface area contributed by atoms with Crippen molar-refractivity contribution < 1.29 is 22.3 Å². The molecule has 1 aliphatic rings. The maximum absolute atomic E-state index is 10.1. The minimum Gasteiger partial charge on any atom is -1.00 e. The van der Waals surface area contributed by atoms with E-state index in [1.54, 1.807) is 0 Å². The van der Waals surface area contributed by atoms with Crippen LogP contribution in [-0.2, 0) is 4.79 Å². The summed E-state index contributed by atoms with van der Waals surface area (Å²) in [4.78, 5) is 12.1. The molecular formula is C6H11ClNO2-. The van der Waals surface area contributed by atoms with Crippen LogP contribution in [0.4, 0.5) is 0 Å². The molecular weight excluding hydrogens is 154 g/mol. The molecule has 60 valence electrons. The van der Waals surface area contributed by atoms with Crippen LogP contribution in [0.25, 0.3) is 0 Å². The first kappa shape index (κ1) is 9.72. The zero-order valence-electron chi connectivity index (χ0n) is 5.72. The third-order valence-electron chi connectivity index (χ3n) is 1.56. The summed E-state index contributed by atoms with van der Waals surface area (Å²) >= 11 is 0. The van der Waals surface area contributed by atoms with Crippen molar-refractivity contribution in [1.82, 2.24) is 4.90 Å². The second-order valence-corrected chi connectivity index (χ2v) is 2.38. The SMILES string of the molecule is O=C(O)CN1CCCC1.[Cl-]. The molecule has 0 atom stereocenters. The molecule has 1 N–H and O–H groups in total. The molecule has 0 amide bonds. The number of likely N-dealkylation sites (tertiary alicyclic amines) is 1. The lowest BCUT2D eigenvalue weighted by atomic mass is 10.4. The normalized spacial score (nSPS) is 18.4. The average molecular weight is 165 g/mol. The van der Waals surface area contributed by atoms with E-state index in [1.165, 1.54) is 0 Å². The van der Waals surface area contributed by atoms with Crippen LogP contribution in [0.3, 0.4) is 0 Å². The second-order valence-electron chi connectivity index (χ2n) is 2.38. The van der Waals surface area contributed by atoms with E-state index >= 15 is 0 Å². The fourth-order valence-corrected chi connectivity index (χ4v) is 1.13. The van der Waals surface area contributed by atoms with Gasteiger partial charge in [0.1, 0.15) is 0 Å². The van der Waals surface area contributed by atoms with Crippen LogP contribution >= 0.6 is 0 Å². The molecule has 0 aromatic heterocycles. The Hall–Kier alpha value is -0.280. The molecule has 1 aliphatic heterocycles. The molecule has 10 heavy (non-hydrogen) atoms. The van der Waals surface area contributed by atoms with Crippen LogP contribution in [-0.4, -0.2) is 35.6 Å². The van der Waals surface area contributed by atoms with Crippen molar-refractivity contribution in [2.75, 3.05) is 19.6 Å². The minimum absolute atomic E-state index is 0. The van der Waals surface area contributed by atoms with Crippen molar-refractivity contribution in [3.05, 3.63) is 0 Å². The van der Waals surface area contributed by atoms with Crippen molar-refractivity contribution in [1.29, 1.82) is 0 Å². The van der Waals surface area contributed by atoms with Gasteiger partial charge in [0.15, 0.2) is 0 Å². The third-order valence-corrected chi connectivity index (χ3v) is 1.56. The Morgan fingerprint density at radius 2 is 1.90 bits per heavy atom. The van der Waals surface area contributed by atoms with Crippen molar-refractivity contribution in [2.24, 2.45) is 0 Å². The number of carboxylic acid groups (broad SMARTS) is 1. The summed E-state index contributed by atoms with van der Waals surface area (Å²) in [6, 6.07) is 0. The highest BCUT2D eigenvalue weighted by molar-refractivity contribution is 5.69. The maximum Gasteiger partial charge on any atom is 0.317 e. The standard InChI is InChI=1S/C6H11NO2.ClH/c8-6(9)5-7-3-1-2-4-7;/h1-5H2,(H,8,9);1H/p-1. The summed E-state index contributed by atoms with van der Waals surface area (Å²) in [5.41, 5.74) is 0. The van der Waals surface area contributed by atoms with Gasteiger partial charge in [0.2, 0.25) is 0 Å². The molecule has 1 heterocycles. The third kappa shape index (κ3) is 3.03. The zero-order chi connectivity index (χ0) is 6.69. The second kappa shape index (κ2) is 4.52. The van der Waals surface area contributed by atoms with Crippen LogP contribution in [0.1, 0.15) is 12.8 Å².